The quantitative estimate of drug-likeness (QED) is 0.914. The lowest BCUT2D eigenvalue weighted by Crippen LogP contribution is -2.42. The molecule has 2 rings (SSSR count). The molecule has 1 unspecified atom stereocenters. The molecule has 19 heavy (non-hydrogen) atoms. The first-order valence-corrected chi connectivity index (χ1v) is 6.66. The standard InChI is InChI=1S/C16H22N2O/c1-16(2,3)14(17-4)11-19-13-9-5-7-12-8-6-10-18-15(12)13/h5-10,14,17H,11H2,1-4H3. The third kappa shape index (κ3) is 3.24. The second-order valence-electron chi connectivity index (χ2n) is 5.85. The predicted molar refractivity (Wildman–Crippen MR) is 79.5 cm³/mol. The molecule has 2 aromatic rings. The van der Waals surface area contributed by atoms with Crippen molar-refractivity contribution in [1.82, 2.24) is 10.3 Å². The summed E-state index contributed by atoms with van der Waals surface area (Å²) in [5, 5.41) is 4.42. The lowest BCUT2D eigenvalue weighted by molar-refractivity contribution is 0.182. The Hall–Kier alpha value is -1.61. The summed E-state index contributed by atoms with van der Waals surface area (Å²) < 4.78 is 5.97. The van der Waals surface area contributed by atoms with Crippen LogP contribution in [0.15, 0.2) is 36.5 Å². The van der Waals surface area contributed by atoms with Crippen LogP contribution in [0.4, 0.5) is 0 Å². The average Bonchev–Trinajstić information content (AvgIpc) is 2.38. The van der Waals surface area contributed by atoms with Crippen molar-refractivity contribution in [3.8, 4) is 5.75 Å². The van der Waals surface area contributed by atoms with E-state index in [2.05, 4.69) is 43.2 Å². The van der Waals surface area contributed by atoms with Gasteiger partial charge in [-0.05, 0) is 24.6 Å². The minimum absolute atomic E-state index is 0.159. The number of ether oxygens (including phenoxy) is 1. The number of nitrogens with zero attached hydrogens (tertiary/aromatic N) is 1. The molecule has 1 aromatic carbocycles. The summed E-state index contributed by atoms with van der Waals surface area (Å²) in [5.41, 5.74) is 1.08. The van der Waals surface area contributed by atoms with Gasteiger partial charge in [-0.2, -0.15) is 0 Å². The van der Waals surface area contributed by atoms with Crippen LogP contribution in [0.5, 0.6) is 5.75 Å². The summed E-state index contributed by atoms with van der Waals surface area (Å²) in [7, 11) is 1.97. The topological polar surface area (TPSA) is 34.1 Å². The maximum absolute atomic E-state index is 5.97. The van der Waals surface area contributed by atoms with Crippen LogP contribution >= 0.6 is 0 Å². The number of aromatic nitrogens is 1. The van der Waals surface area contributed by atoms with Gasteiger partial charge in [0.1, 0.15) is 17.9 Å². The van der Waals surface area contributed by atoms with Crippen LogP contribution in [0.3, 0.4) is 0 Å². The van der Waals surface area contributed by atoms with Crippen molar-refractivity contribution < 1.29 is 4.74 Å². The van der Waals surface area contributed by atoms with Crippen molar-refractivity contribution in [3.05, 3.63) is 36.5 Å². The summed E-state index contributed by atoms with van der Waals surface area (Å²) in [4.78, 5) is 4.40. The molecule has 1 aromatic heterocycles. The normalized spacial score (nSPS) is 13.5. The Morgan fingerprint density at radius 3 is 2.63 bits per heavy atom. The number of benzene rings is 1. The number of fused-ring (bicyclic) bond motifs is 1. The first kappa shape index (κ1) is 13.8. The van der Waals surface area contributed by atoms with Crippen LogP contribution in [0.1, 0.15) is 20.8 Å². The summed E-state index contributed by atoms with van der Waals surface area (Å²) in [6.45, 7) is 7.26. The summed E-state index contributed by atoms with van der Waals surface area (Å²) in [6.07, 6.45) is 1.80. The minimum Gasteiger partial charge on any atom is -0.490 e. The summed E-state index contributed by atoms with van der Waals surface area (Å²) in [5.74, 6) is 0.850. The minimum atomic E-state index is 0.159. The highest BCUT2D eigenvalue weighted by atomic mass is 16.5. The van der Waals surface area contributed by atoms with E-state index in [0.29, 0.717) is 12.6 Å². The molecule has 0 saturated carbocycles. The van der Waals surface area contributed by atoms with Gasteiger partial charge in [-0.1, -0.05) is 39.0 Å². The molecule has 3 heteroatoms. The fourth-order valence-corrected chi connectivity index (χ4v) is 2.13. The van der Waals surface area contributed by atoms with E-state index in [1.165, 1.54) is 0 Å². The van der Waals surface area contributed by atoms with Gasteiger partial charge in [0.25, 0.3) is 0 Å². The first-order chi connectivity index (χ1) is 9.02. The van der Waals surface area contributed by atoms with Gasteiger partial charge in [0, 0.05) is 17.6 Å². The van der Waals surface area contributed by atoms with Crippen molar-refractivity contribution in [1.29, 1.82) is 0 Å². The van der Waals surface area contributed by atoms with Crippen molar-refractivity contribution in [3.63, 3.8) is 0 Å². The molecule has 0 radical (unpaired) electrons. The number of hydrogen-bond donors (Lipinski definition) is 1. The number of pyridine rings is 1. The molecule has 0 bridgehead atoms. The van der Waals surface area contributed by atoms with Crippen LogP contribution in [0.2, 0.25) is 0 Å². The van der Waals surface area contributed by atoms with Gasteiger partial charge >= 0.3 is 0 Å². The SMILES string of the molecule is CNC(COc1cccc2cccnc12)C(C)(C)C. The smallest absolute Gasteiger partial charge is 0.145 e. The number of nitrogens with one attached hydrogen (secondary N) is 1. The van der Waals surface area contributed by atoms with E-state index in [4.69, 9.17) is 4.74 Å². The predicted octanol–water partition coefficient (Wildman–Crippen LogP) is 3.25. The van der Waals surface area contributed by atoms with Crippen LogP contribution < -0.4 is 10.1 Å². The van der Waals surface area contributed by atoms with Gasteiger partial charge < -0.3 is 10.1 Å². The van der Waals surface area contributed by atoms with Gasteiger partial charge in [0.05, 0.1) is 0 Å². The summed E-state index contributed by atoms with van der Waals surface area (Å²) >= 11 is 0. The Kier molecular flexibility index (Phi) is 4.05. The third-order valence-corrected chi connectivity index (χ3v) is 3.40. The fraction of sp³-hybridized carbons (Fsp3) is 0.438. The van der Waals surface area contributed by atoms with E-state index in [-0.39, 0.29) is 5.41 Å². The van der Waals surface area contributed by atoms with E-state index >= 15 is 0 Å². The number of rotatable bonds is 4. The zero-order valence-corrected chi connectivity index (χ0v) is 12.1. The Bertz CT molecular complexity index is 540. The van der Waals surface area contributed by atoms with Crippen LogP contribution in [0.25, 0.3) is 10.9 Å². The van der Waals surface area contributed by atoms with Crippen LogP contribution in [0, 0.1) is 5.41 Å². The molecule has 1 N–H and O–H groups in total. The van der Waals surface area contributed by atoms with Gasteiger partial charge in [-0.25, -0.2) is 0 Å². The molecule has 0 aliphatic rings. The number of para-hydroxylation sites is 1. The summed E-state index contributed by atoms with van der Waals surface area (Å²) in [6, 6.07) is 10.3. The Labute approximate surface area is 115 Å². The third-order valence-electron chi connectivity index (χ3n) is 3.40. The largest absolute Gasteiger partial charge is 0.490 e. The molecule has 1 heterocycles. The van der Waals surface area contributed by atoms with Gasteiger partial charge in [0.15, 0.2) is 0 Å². The zero-order valence-electron chi connectivity index (χ0n) is 12.1. The van der Waals surface area contributed by atoms with E-state index < -0.39 is 0 Å². The molecule has 0 aliphatic carbocycles. The van der Waals surface area contributed by atoms with E-state index in [0.717, 1.165) is 16.7 Å². The lowest BCUT2D eigenvalue weighted by Gasteiger charge is -2.30. The molecular formula is C16H22N2O. The highest BCUT2D eigenvalue weighted by molar-refractivity contribution is 5.84. The van der Waals surface area contributed by atoms with Crippen LogP contribution in [-0.2, 0) is 0 Å². The van der Waals surface area contributed by atoms with Gasteiger partial charge in [-0.3, -0.25) is 4.98 Å². The molecule has 3 nitrogen and oxygen atoms in total. The molecule has 0 fully saturated rings. The fourth-order valence-electron chi connectivity index (χ4n) is 2.13. The molecule has 0 aliphatic heterocycles. The van der Waals surface area contributed by atoms with E-state index in [1.807, 2.05) is 25.2 Å². The molecule has 0 amide bonds. The maximum Gasteiger partial charge on any atom is 0.145 e. The number of likely N-dealkylation sites (N-methyl/N-ethyl adjacent to an activating group) is 1. The second-order valence-corrected chi connectivity index (χ2v) is 5.85. The zero-order chi connectivity index (χ0) is 13.9. The molecular weight excluding hydrogens is 236 g/mol. The monoisotopic (exact) mass is 258 g/mol. The van der Waals surface area contributed by atoms with Gasteiger partial charge in [-0.15, -0.1) is 0 Å². The number of hydrogen-bond acceptors (Lipinski definition) is 3. The second kappa shape index (κ2) is 5.57. The Morgan fingerprint density at radius 2 is 1.95 bits per heavy atom. The van der Waals surface area contributed by atoms with Crippen molar-refractivity contribution >= 4 is 10.9 Å². The van der Waals surface area contributed by atoms with Crippen LogP contribution in [-0.4, -0.2) is 24.7 Å². The highest BCUT2D eigenvalue weighted by Gasteiger charge is 2.23. The first-order valence-electron chi connectivity index (χ1n) is 6.66. The average molecular weight is 258 g/mol. The van der Waals surface area contributed by atoms with E-state index in [1.54, 1.807) is 6.20 Å². The van der Waals surface area contributed by atoms with Gasteiger partial charge in [0.2, 0.25) is 0 Å². The molecule has 102 valence electrons. The molecule has 1 atom stereocenters. The van der Waals surface area contributed by atoms with Crippen molar-refractivity contribution in [2.75, 3.05) is 13.7 Å². The maximum atomic E-state index is 5.97. The van der Waals surface area contributed by atoms with E-state index in [9.17, 15) is 0 Å². The Morgan fingerprint density at radius 1 is 1.21 bits per heavy atom. The van der Waals surface area contributed by atoms with Crippen molar-refractivity contribution in [2.24, 2.45) is 5.41 Å². The molecule has 0 saturated heterocycles. The molecule has 0 spiro atoms. The van der Waals surface area contributed by atoms with Crippen molar-refractivity contribution in [2.45, 2.75) is 26.8 Å². The Balaban J connectivity index is 2.18. The lowest BCUT2D eigenvalue weighted by atomic mass is 9.87. The highest BCUT2D eigenvalue weighted by Crippen LogP contribution is 2.25.